The van der Waals surface area contributed by atoms with Gasteiger partial charge in [0.05, 0.1) is 28.3 Å². The molecular formula is C11H16N2O2S. The van der Waals surface area contributed by atoms with Crippen LogP contribution in [-0.4, -0.2) is 31.6 Å². The number of ether oxygens (including phenoxy) is 1. The van der Waals surface area contributed by atoms with Crippen molar-refractivity contribution in [1.29, 1.82) is 0 Å². The lowest BCUT2D eigenvalue weighted by atomic mass is 10.3. The molecule has 1 aliphatic heterocycles. The summed E-state index contributed by atoms with van der Waals surface area (Å²) in [6.07, 6.45) is 0.234. The molecule has 2 N–H and O–H groups in total. The van der Waals surface area contributed by atoms with Crippen molar-refractivity contribution >= 4 is 27.8 Å². The van der Waals surface area contributed by atoms with Crippen molar-refractivity contribution in [2.75, 3.05) is 30.3 Å². The summed E-state index contributed by atoms with van der Waals surface area (Å²) in [7, 11) is 0. The van der Waals surface area contributed by atoms with Gasteiger partial charge < -0.3 is 15.4 Å². The number of hydrogen-bond acceptors (Lipinski definition) is 5. The number of nitrogen functional groups attached to an aromatic ring is 1. The molecule has 0 aromatic carbocycles. The molecule has 0 spiro atoms. The van der Waals surface area contributed by atoms with Gasteiger partial charge in [-0.15, -0.1) is 11.3 Å². The lowest BCUT2D eigenvalue weighted by Gasteiger charge is -2.31. The highest BCUT2D eigenvalue weighted by Gasteiger charge is 2.20. The van der Waals surface area contributed by atoms with Gasteiger partial charge in [0.1, 0.15) is 0 Å². The zero-order valence-corrected chi connectivity index (χ0v) is 10.3. The molecule has 1 fully saturated rings. The van der Waals surface area contributed by atoms with Gasteiger partial charge in [0.2, 0.25) is 0 Å². The van der Waals surface area contributed by atoms with E-state index in [0.717, 1.165) is 24.7 Å². The summed E-state index contributed by atoms with van der Waals surface area (Å²) in [5.74, 6) is 0.0371. The van der Waals surface area contributed by atoms with Crippen molar-refractivity contribution in [2.24, 2.45) is 0 Å². The van der Waals surface area contributed by atoms with Crippen LogP contribution in [0.1, 0.15) is 23.5 Å². The molecule has 0 bridgehead atoms. The average Bonchev–Trinajstić information content (AvgIpc) is 2.60. The Labute approximate surface area is 99.0 Å². The van der Waals surface area contributed by atoms with Gasteiger partial charge in [-0.1, -0.05) is 0 Å². The monoisotopic (exact) mass is 240 g/mol. The van der Waals surface area contributed by atoms with Gasteiger partial charge in [0.15, 0.2) is 5.78 Å². The fourth-order valence-corrected chi connectivity index (χ4v) is 2.85. The number of carbonyl (C=O) groups is 1. The Hall–Kier alpha value is -1.07. The summed E-state index contributed by atoms with van der Waals surface area (Å²) in [6.45, 7) is 6.05. The van der Waals surface area contributed by atoms with Crippen LogP contribution in [0.4, 0.5) is 10.7 Å². The van der Waals surface area contributed by atoms with Crippen molar-refractivity contribution in [3.63, 3.8) is 0 Å². The van der Waals surface area contributed by atoms with Gasteiger partial charge >= 0.3 is 0 Å². The van der Waals surface area contributed by atoms with Crippen LogP contribution in [0.25, 0.3) is 0 Å². The third-order valence-electron chi connectivity index (χ3n) is 2.62. The highest BCUT2D eigenvalue weighted by Crippen LogP contribution is 2.33. The number of carbonyl (C=O) groups excluding carboxylic acids is 1. The molecule has 0 radical (unpaired) electrons. The van der Waals surface area contributed by atoms with Gasteiger partial charge in [0, 0.05) is 20.0 Å². The van der Waals surface area contributed by atoms with Gasteiger partial charge in [-0.2, -0.15) is 0 Å². The first-order valence-corrected chi connectivity index (χ1v) is 6.16. The molecule has 5 heteroatoms. The minimum Gasteiger partial charge on any atom is -0.397 e. The quantitative estimate of drug-likeness (QED) is 0.800. The van der Waals surface area contributed by atoms with E-state index in [4.69, 9.17) is 10.5 Å². The zero-order chi connectivity index (χ0) is 11.7. The fourth-order valence-electron chi connectivity index (χ4n) is 1.84. The van der Waals surface area contributed by atoms with Crippen molar-refractivity contribution < 1.29 is 9.53 Å². The first kappa shape index (κ1) is 11.4. The summed E-state index contributed by atoms with van der Waals surface area (Å²) in [6, 6.07) is 1.89. The highest BCUT2D eigenvalue weighted by atomic mass is 32.1. The number of ketones is 1. The topological polar surface area (TPSA) is 55.6 Å². The van der Waals surface area contributed by atoms with Crippen LogP contribution in [-0.2, 0) is 4.74 Å². The summed E-state index contributed by atoms with van der Waals surface area (Å²) < 4.78 is 5.48. The number of thiophene rings is 1. The predicted octanol–water partition coefficient (Wildman–Crippen LogP) is 1.76. The van der Waals surface area contributed by atoms with Crippen molar-refractivity contribution in [3.05, 3.63) is 10.9 Å². The number of anilines is 2. The SMILES string of the molecule is CC(=O)c1sc(N2CCOC(C)C2)cc1N. The van der Waals surface area contributed by atoms with Gasteiger partial charge in [-0.3, -0.25) is 4.79 Å². The summed E-state index contributed by atoms with van der Waals surface area (Å²) in [5, 5.41) is 1.07. The van der Waals surface area contributed by atoms with Crippen LogP contribution in [0.2, 0.25) is 0 Å². The molecule has 0 saturated carbocycles. The molecule has 1 saturated heterocycles. The molecule has 0 aliphatic carbocycles. The average molecular weight is 240 g/mol. The van der Waals surface area contributed by atoms with Crippen LogP contribution in [0, 0.1) is 0 Å². The largest absolute Gasteiger partial charge is 0.397 e. The van der Waals surface area contributed by atoms with Crippen LogP contribution in [0.3, 0.4) is 0 Å². The molecule has 16 heavy (non-hydrogen) atoms. The predicted molar refractivity (Wildman–Crippen MR) is 66.4 cm³/mol. The molecular weight excluding hydrogens is 224 g/mol. The minimum absolute atomic E-state index is 0.0371. The Morgan fingerprint density at radius 2 is 2.44 bits per heavy atom. The summed E-state index contributed by atoms with van der Waals surface area (Å²) in [5.41, 5.74) is 6.40. The minimum atomic E-state index is 0.0371. The standard InChI is InChI=1S/C11H16N2O2S/c1-7-6-13(3-4-15-7)10-5-9(12)11(16-10)8(2)14/h5,7H,3-4,6,12H2,1-2H3. The maximum Gasteiger partial charge on any atom is 0.171 e. The van der Waals surface area contributed by atoms with E-state index in [1.165, 1.54) is 11.3 Å². The molecule has 1 aliphatic rings. The smallest absolute Gasteiger partial charge is 0.171 e. The number of rotatable bonds is 2. The summed E-state index contributed by atoms with van der Waals surface area (Å²) in [4.78, 5) is 14.2. The Bertz CT molecular complexity index is 403. The normalized spacial score (nSPS) is 21.1. The molecule has 4 nitrogen and oxygen atoms in total. The third kappa shape index (κ3) is 2.20. The molecule has 2 heterocycles. The lowest BCUT2D eigenvalue weighted by molar-refractivity contribution is 0.0534. The van der Waals surface area contributed by atoms with Crippen molar-refractivity contribution in [3.8, 4) is 0 Å². The van der Waals surface area contributed by atoms with E-state index >= 15 is 0 Å². The van der Waals surface area contributed by atoms with Crippen LogP contribution in [0.5, 0.6) is 0 Å². The number of Topliss-reactive ketones (excluding diaryl/α,β-unsaturated/α-hetero) is 1. The van der Waals surface area contributed by atoms with Gasteiger partial charge in [-0.05, 0) is 13.0 Å². The van der Waals surface area contributed by atoms with Crippen molar-refractivity contribution in [2.45, 2.75) is 20.0 Å². The second-order valence-corrected chi connectivity index (χ2v) is 5.08. The lowest BCUT2D eigenvalue weighted by Crippen LogP contribution is -2.40. The first-order valence-electron chi connectivity index (χ1n) is 5.34. The maximum absolute atomic E-state index is 11.3. The molecule has 1 aromatic rings. The molecule has 1 atom stereocenters. The number of nitrogens with two attached hydrogens (primary N) is 1. The molecule has 88 valence electrons. The Kier molecular flexibility index (Phi) is 3.16. The van der Waals surface area contributed by atoms with E-state index in [0.29, 0.717) is 10.6 Å². The van der Waals surface area contributed by atoms with Crippen LogP contribution < -0.4 is 10.6 Å². The zero-order valence-electron chi connectivity index (χ0n) is 9.53. The molecule has 1 unspecified atom stereocenters. The molecule has 0 amide bonds. The second kappa shape index (κ2) is 4.43. The third-order valence-corrected chi connectivity index (χ3v) is 3.93. The van der Waals surface area contributed by atoms with Gasteiger partial charge in [0.25, 0.3) is 0 Å². The Morgan fingerprint density at radius 3 is 3.00 bits per heavy atom. The number of morpholine rings is 1. The van der Waals surface area contributed by atoms with Gasteiger partial charge in [-0.25, -0.2) is 0 Å². The maximum atomic E-state index is 11.3. The Balaban J connectivity index is 2.20. The van der Waals surface area contributed by atoms with Crippen molar-refractivity contribution in [1.82, 2.24) is 0 Å². The number of hydrogen-bond donors (Lipinski definition) is 1. The van der Waals surface area contributed by atoms with E-state index in [9.17, 15) is 4.79 Å². The van der Waals surface area contributed by atoms with Crippen LogP contribution >= 0.6 is 11.3 Å². The van der Waals surface area contributed by atoms with E-state index in [1.54, 1.807) is 6.92 Å². The summed E-state index contributed by atoms with van der Waals surface area (Å²) >= 11 is 1.47. The van der Waals surface area contributed by atoms with E-state index in [2.05, 4.69) is 11.8 Å². The van der Waals surface area contributed by atoms with E-state index in [1.807, 2.05) is 6.07 Å². The van der Waals surface area contributed by atoms with E-state index in [-0.39, 0.29) is 11.9 Å². The Morgan fingerprint density at radius 1 is 1.69 bits per heavy atom. The second-order valence-electron chi connectivity index (χ2n) is 4.05. The van der Waals surface area contributed by atoms with E-state index < -0.39 is 0 Å². The number of nitrogens with zero attached hydrogens (tertiary/aromatic N) is 1. The first-order chi connectivity index (χ1) is 7.58. The van der Waals surface area contributed by atoms with Crippen LogP contribution in [0.15, 0.2) is 6.07 Å². The highest BCUT2D eigenvalue weighted by molar-refractivity contribution is 7.18. The fraction of sp³-hybridized carbons (Fsp3) is 0.545. The molecule has 1 aromatic heterocycles. The molecule has 2 rings (SSSR count).